The maximum atomic E-state index is 12.6. The molecule has 0 saturated heterocycles. The number of nitrogens with zero attached hydrogens (tertiary/aromatic N) is 4. The molecule has 0 saturated carbocycles. The summed E-state index contributed by atoms with van der Waals surface area (Å²) in [7, 11) is 0. The van der Waals surface area contributed by atoms with Gasteiger partial charge in [-0.2, -0.15) is 4.37 Å². The van der Waals surface area contributed by atoms with Gasteiger partial charge in [-0.1, -0.05) is 37.6 Å². The highest BCUT2D eigenvalue weighted by Crippen LogP contribution is 2.22. The van der Waals surface area contributed by atoms with Gasteiger partial charge < -0.3 is 9.80 Å². The zero-order valence-corrected chi connectivity index (χ0v) is 18.9. The van der Waals surface area contributed by atoms with Crippen molar-refractivity contribution >= 4 is 34.2 Å². The Bertz CT molecular complexity index is 726. The van der Waals surface area contributed by atoms with Crippen LogP contribution in [0.2, 0.25) is 5.02 Å². The van der Waals surface area contributed by atoms with Crippen LogP contribution in [0.3, 0.4) is 0 Å². The normalized spacial score (nSPS) is 11.1. The topological polar surface area (TPSA) is 49.3 Å². The van der Waals surface area contributed by atoms with Crippen LogP contribution < -0.4 is 4.90 Å². The van der Waals surface area contributed by atoms with Crippen molar-refractivity contribution in [3.8, 4) is 0 Å². The molecule has 0 aliphatic carbocycles. The summed E-state index contributed by atoms with van der Waals surface area (Å²) in [6, 6.07) is 8.02. The maximum Gasteiger partial charge on any atom is 0.224 e. The molecular formula is C21H31ClN4OS. The molecule has 1 aromatic heterocycles. The minimum atomic E-state index is 0.222. The van der Waals surface area contributed by atoms with E-state index in [4.69, 9.17) is 16.6 Å². The molecule has 154 valence electrons. The summed E-state index contributed by atoms with van der Waals surface area (Å²) >= 11 is 7.35. The van der Waals surface area contributed by atoms with Crippen LogP contribution in [0.4, 0.5) is 5.13 Å². The van der Waals surface area contributed by atoms with Crippen molar-refractivity contribution in [1.82, 2.24) is 14.3 Å². The number of hydrogen-bond donors (Lipinski definition) is 0. The lowest BCUT2D eigenvalue weighted by Crippen LogP contribution is -2.38. The Balaban J connectivity index is 2.00. The Morgan fingerprint density at radius 3 is 2.32 bits per heavy atom. The van der Waals surface area contributed by atoms with E-state index in [0.717, 1.165) is 47.5 Å². The standard InChI is InChI=1S/C21H31ClN4OS/c1-5-12-25(13-6-2)20(27)11-14-26(16(3)4)21-23-19(24-28-21)15-17-7-9-18(22)10-8-17/h7-10,16H,5-6,11-15H2,1-4H3. The van der Waals surface area contributed by atoms with Gasteiger partial charge in [0.2, 0.25) is 11.0 Å². The molecule has 0 spiro atoms. The third-order valence-electron chi connectivity index (χ3n) is 4.51. The second-order valence-electron chi connectivity index (χ2n) is 7.21. The lowest BCUT2D eigenvalue weighted by Gasteiger charge is -2.27. The molecule has 0 N–H and O–H groups in total. The highest BCUT2D eigenvalue weighted by molar-refractivity contribution is 7.09. The van der Waals surface area contributed by atoms with Crippen molar-refractivity contribution in [2.75, 3.05) is 24.5 Å². The molecule has 1 heterocycles. The van der Waals surface area contributed by atoms with Gasteiger partial charge in [-0.05, 0) is 44.4 Å². The van der Waals surface area contributed by atoms with Crippen molar-refractivity contribution < 1.29 is 4.79 Å². The van der Waals surface area contributed by atoms with E-state index in [0.29, 0.717) is 19.4 Å². The number of benzene rings is 1. The predicted molar refractivity (Wildman–Crippen MR) is 118 cm³/mol. The molecule has 28 heavy (non-hydrogen) atoms. The minimum absolute atomic E-state index is 0.222. The molecule has 7 heteroatoms. The monoisotopic (exact) mass is 422 g/mol. The van der Waals surface area contributed by atoms with E-state index in [1.54, 1.807) is 0 Å². The van der Waals surface area contributed by atoms with E-state index >= 15 is 0 Å². The fourth-order valence-corrected chi connectivity index (χ4v) is 4.04. The number of carbonyl (C=O) groups excluding carboxylic acids is 1. The number of halogens is 1. The van der Waals surface area contributed by atoms with Gasteiger partial charge in [0.15, 0.2) is 0 Å². The first-order valence-electron chi connectivity index (χ1n) is 10.1. The Morgan fingerprint density at radius 1 is 1.11 bits per heavy atom. The smallest absolute Gasteiger partial charge is 0.224 e. The highest BCUT2D eigenvalue weighted by atomic mass is 35.5. The van der Waals surface area contributed by atoms with E-state index in [-0.39, 0.29) is 11.9 Å². The summed E-state index contributed by atoms with van der Waals surface area (Å²) in [5.41, 5.74) is 1.13. The number of amides is 1. The van der Waals surface area contributed by atoms with Gasteiger partial charge in [0.25, 0.3) is 0 Å². The molecule has 0 radical (unpaired) electrons. The predicted octanol–water partition coefficient (Wildman–Crippen LogP) is 5.04. The zero-order valence-electron chi connectivity index (χ0n) is 17.3. The SMILES string of the molecule is CCCN(CCC)C(=O)CCN(c1nc(Cc2ccc(Cl)cc2)ns1)C(C)C. The number of hydrogen-bond acceptors (Lipinski definition) is 5. The Morgan fingerprint density at radius 2 is 1.75 bits per heavy atom. The van der Waals surface area contributed by atoms with Crippen molar-refractivity contribution in [3.05, 3.63) is 40.7 Å². The average molecular weight is 423 g/mol. The molecule has 0 unspecified atom stereocenters. The molecule has 0 aliphatic heterocycles. The van der Waals surface area contributed by atoms with Crippen LogP contribution in [-0.2, 0) is 11.2 Å². The highest BCUT2D eigenvalue weighted by Gasteiger charge is 2.19. The summed E-state index contributed by atoms with van der Waals surface area (Å²) in [5, 5.41) is 1.61. The van der Waals surface area contributed by atoms with Gasteiger partial charge in [0, 0.05) is 55.1 Å². The summed E-state index contributed by atoms with van der Waals surface area (Å²) in [4.78, 5) is 21.5. The number of carbonyl (C=O) groups is 1. The second-order valence-corrected chi connectivity index (χ2v) is 8.38. The van der Waals surface area contributed by atoms with E-state index in [9.17, 15) is 4.79 Å². The Hall–Kier alpha value is -1.66. The van der Waals surface area contributed by atoms with Crippen molar-refractivity contribution in [2.24, 2.45) is 0 Å². The van der Waals surface area contributed by atoms with Crippen LogP contribution in [0, 0.1) is 0 Å². The quantitative estimate of drug-likeness (QED) is 0.509. The molecule has 0 aliphatic rings. The maximum absolute atomic E-state index is 12.6. The summed E-state index contributed by atoms with van der Waals surface area (Å²) in [5.74, 6) is 1.03. The van der Waals surface area contributed by atoms with Crippen molar-refractivity contribution in [1.29, 1.82) is 0 Å². The van der Waals surface area contributed by atoms with Crippen LogP contribution in [0.25, 0.3) is 0 Å². The summed E-state index contributed by atoms with van der Waals surface area (Å²) in [6.45, 7) is 10.8. The van der Waals surface area contributed by atoms with Crippen molar-refractivity contribution in [3.63, 3.8) is 0 Å². The van der Waals surface area contributed by atoms with Crippen LogP contribution in [-0.4, -0.2) is 45.8 Å². The van der Waals surface area contributed by atoms with Crippen LogP contribution in [0.15, 0.2) is 24.3 Å². The van der Waals surface area contributed by atoms with Gasteiger partial charge in [0.05, 0.1) is 0 Å². The zero-order chi connectivity index (χ0) is 20.5. The van der Waals surface area contributed by atoms with Crippen LogP contribution in [0.1, 0.15) is 58.3 Å². The van der Waals surface area contributed by atoms with E-state index < -0.39 is 0 Å². The first kappa shape index (κ1) is 22.6. The molecule has 0 atom stereocenters. The summed E-state index contributed by atoms with van der Waals surface area (Å²) in [6.07, 6.45) is 3.16. The van der Waals surface area contributed by atoms with E-state index in [2.05, 4.69) is 37.0 Å². The molecule has 0 fully saturated rings. The van der Waals surface area contributed by atoms with Crippen LogP contribution >= 0.6 is 23.1 Å². The first-order chi connectivity index (χ1) is 13.4. The molecule has 2 rings (SSSR count). The Labute approximate surface area is 177 Å². The van der Waals surface area contributed by atoms with E-state index in [1.165, 1.54) is 11.5 Å². The van der Waals surface area contributed by atoms with Crippen LogP contribution in [0.5, 0.6) is 0 Å². The molecule has 2 aromatic rings. The van der Waals surface area contributed by atoms with E-state index in [1.807, 2.05) is 29.2 Å². The van der Waals surface area contributed by atoms with Gasteiger partial charge in [-0.15, -0.1) is 0 Å². The molecule has 5 nitrogen and oxygen atoms in total. The van der Waals surface area contributed by atoms with Gasteiger partial charge in [0.1, 0.15) is 5.82 Å². The fourth-order valence-electron chi connectivity index (χ4n) is 3.07. The molecule has 0 bridgehead atoms. The third kappa shape index (κ3) is 6.74. The molecule has 1 amide bonds. The fraction of sp³-hybridized carbons (Fsp3) is 0.571. The lowest BCUT2D eigenvalue weighted by atomic mass is 10.1. The Kier molecular flexibility index (Phi) is 9.19. The molecule has 1 aromatic carbocycles. The third-order valence-corrected chi connectivity index (χ3v) is 5.55. The van der Waals surface area contributed by atoms with Gasteiger partial charge in [-0.25, -0.2) is 4.98 Å². The minimum Gasteiger partial charge on any atom is -0.344 e. The second kappa shape index (κ2) is 11.4. The number of rotatable bonds is 11. The van der Waals surface area contributed by atoms with Crippen molar-refractivity contribution in [2.45, 2.75) is 59.4 Å². The number of anilines is 1. The lowest BCUT2D eigenvalue weighted by molar-refractivity contribution is -0.131. The number of aromatic nitrogens is 2. The van der Waals surface area contributed by atoms with Gasteiger partial charge >= 0.3 is 0 Å². The first-order valence-corrected chi connectivity index (χ1v) is 11.2. The average Bonchev–Trinajstić information content (AvgIpc) is 3.11. The largest absolute Gasteiger partial charge is 0.344 e. The molecular weight excluding hydrogens is 392 g/mol. The van der Waals surface area contributed by atoms with Gasteiger partial charge in [-0.3, -0.25) is 4.79 Å². The summed E-state index contributed by atoms with van der Waals surface area (Å²) < 4.78 is 4.52.